The molecule has 2 rings (SSSR count). The number of nitrogens with one attached hydrogen (secondary N) is 1. The molecule has 0 aliphatic carbocycles. The highest BCUT2D eigenvalue weighted by Crippen LogP contribution is 2.13. The molecule has 108 valence electrons. The van der Waals surface area contributed by atoms with E-state index in [0.717, 1.165) is 13.1 Å². The number of benzene rings is 1. The maximum absolute atomic E-state index is 12.1. The van der Waals surface area contributed by atoms with Gasteiger partial charge in [0.1, 0.15) is 0 Å². The zero-order valence-electron chi connectivity index (χ0n) is 11.5. The summed E-state index contributed by atoms with van der Waals surface area (Å²) in [6.07, 6.45) is 0. The summed E-state index contributed by atoms with van der Waals surface area (Å²) in [7, 11) is 2.00. The van der Waals surface area contributed by atoms with Gasteiger partial charge in [-0.25, -0.2) is 9.59 Å². The van der Waals surface area contributed by atoms with E-state index >= 15 is 0 Å². The number of nitrogens with zero attached hydrogens (tertiary/aromatic N) is 2. The summed E-state index contributed by atoms with van der Waals surface area (Å²) in [5.41, 5.74) is 0.572. The SMILES string of the molecule is CN1CCN(C(=O)NC(C(=O)O)c2ccccc2)CC1. The third-order valence-electron chi connectivity index (χ3n) is 3.44. The number of piperazine rings is 1. The van der Waals surface area contributed by atoms with Crippen molar-refractivity contribution in [2.24, 2.45) is 0 Å². The van der Waals surface area contributed by atoms with Gasteiger partial charge < -0.3 is 20.2 Å². The van der Waals surface area contributed by atoms with Crippen LogP contribution in [0.4, 0.5) is 4.79 Å². The molecule has 0 saturated carbocycles. The average molecular weight is 277 g/mol. The first-order chi connectivity index (χ1) is 9.58. The van der Waals surface area contributed by atoms with Crippen LogP contribution in [0.25, 0.3) is 0 Å². The number of rotatable bonds is 3. The number of aliphatic carboxylic acids is 1. The molecule has 6 nitrogen and oxygen atoms in total. The smallest absolute Gasteiger partial charge is 0.330 e. The van der Waals surface area contributed by atoms with Crippen molar-refractivity contribution in [2.45, 2.75) is 6.04 Å². The maximum Gasteiger partial charge on any atom is 0.330 e. The zero-order valence-corrected chi connectivity index (χ0v) is 11.5. The van der Waals surface area contributed by atoms with E-state index in [4.69, 9.17) is 0 Å². The third kappa shape index (κ3) is 3.48. The minimum atomic E-state index is -1.06. The fraction of sp³-hybridized carbons (Fsp3) is 0.429. The number of carbonyl (C=O) groups is 2. The van der Waals surface area contributed by atoms with Crippen molar-refractivity contribution in [3.63, 3.8) is 0 Å². The van der Waals surface area contributed by atoms with Crippen molar-refractivity contribution in [2.75, 3.05) is 33.2 Å². The van der Waals surface area contributed by atoms with Crippen LogP contribution in [0.1, 0.15) is 11.6 Å². The van der Waals surface area contributed by atoms with Crippen LogP contribution >= 0.6 is 0 Å². The number of carboxylic acid groups (broad SMARTS) is 1. The molecular formula is C14H19N3O3. The Bertz CT molecular complexity index is 470. The maximum atomic E-state index is 12.1. The van der Waals surface area contributed by atoms with Gasteiger partial charge in [0.05, 0.1) is 0 Å². The predicted molar refractivity (Wildman–Crippen MR) is 74.4 cm³/mol. The lowest BCUT2D eigenvalue weighted by atomic mass is 10.1. The summed E-state index contributed by atoms with van der Waals surface area (Å²) in [6, 6.07) is 7.38. The van der Waals surface area contributed by atoms with E-state index in [0.29, 0.717) is 18.7 Å². The quantitative estimate of drug-likeness (QED) is 0.856. The summed E-state index contributed by atoms with van der Waals surface area (Å²) < 4.78 is 0. The molecule has 6 heteroatoms. The van der Waals surface area contributed by atoms with Gasteiger partial charge in [0, 0.05) is 26.2 Å². The minimum Gasteiger partial charge on any atom is -0.479 e. The minimum absolute atomic E-state index is 0.325. The monoisotopic (exact) mass is 277 g/mol. The van der Waals surface area contributed by atoms with E-state index in [1.165, 1.54) is 0 Å². The van der Waals surface area contributed by atoms with E-state index in [9.17, 15) is 14.7 Å². The number of likely N-dealkylation sites (N-methyl/N-ethyl adjacent to an activating group) is 1. The van der Waals surface area contributed by atoms with Crippen LogP contribution in [0, 0.1) is 0 Å². The Balaban J connectivity index is 2.02. The summed E-state index contributed by atoms with van der Waals surface area (Å²) in [5.74, 6) is -1.06. The van der Waals surface area contributed by atoms with E-state index < -0.39 is 12.0 Å². The Morgan fingerprint density at radius 1 is 1.15 bits per heavy atom. The molecular weight excluding hydrogens is 258 g/mol. The molecule has 0 bridgehead atoms. The Morgan fingerprint density at radius 3 is 2.30 bits per heavy atom. The molecule has 1 unspecified atom stereocenters. The Labute approximate surface area is 118 Å². The second-order valence-corrected chi connectivity index (χ2v) is 4.92. The first kappa shape index (κ1) is 14.3. The number of amides is 2. The van der Waals surface area contributed by atoms with Gasteiger partial charge in [-0.05, 0) is 12.6 Å². The van der Waals surface area contributed by atoms with E-state index in [1.807, 2.05) is 13.1 Å². The number of urea groups is 1. The van der Waals surface area contributed by atoms with E-state index in [2.05, 4.69) is 10.2 Å². The molecule has 1 aliphatic heterocycles. The van der Waals surface area contributed by atoms with Crippen LogP contribution in [-0.4, -0.2) is 60.1 Å². The molecule has 1 heterocycles. The number of hydrogen-bond donors (Lipinski definition) is 2. The average Bonchev–Trinajstić information content (AvgIpc) is 2.46. The Hall–Kier alpha value is -2.08. The lowest BCUT2D eigenvalue weighted by Crippen LogP contribution is -2.51. The third-order valence-corrected chi connectivity index (χ3v) is 3.44. The van der Waals surface area contributed by atoms with Gasteiger partial charge in [-0.1, -0.05) is 30.3 Å². The molecule has 2 amide bonds. The molecule has 1 atom stereocenters. The molecule has 1 saturated heterocycles. The molecule has 2 N–H and O–H groups in total. The second kappa shape index (κ2) is 6.38. The topological polar surface area (TPSA) is 72.9 Å². The molecule has 0 radical (unpaired) electrons. The Morgan fingerprint density at radius 2 is 1.75 bits per heavy atom. The van der Waals surface area contributed by atoms with Crippen LogP contribution in [0.5, 0.6) is 0 Å². The van der Waals surface area contributed by atoms with Gasteiger partial charge in [-0.3, -0.25) is 0 Å². The van der Waals surface area contributed by atoms with Crippen molar-refractivity contribution in [3.8, 4) is 0 Å². The fourth-order valence-electron chi connectivity index (χ4n) is 2.16. The largest absolute Gasteiger partial charge is 0.479 e. The van der Waals surface area contributed by atoms with Crippen molar-refractivity contribution in [1.29, 1.82) is 0 Å². The van der Waals surface area contributed by atoms with Crippen LogP contribution in [0.3, 0.4) is 0 Å². The van der Waals surface area contributed by atoms with Gasteiger partial charge in [0.15, 0.2) is 6.04 Å². The molecule has 20 heavy (non-hydrogen) atoms. The van der Waals surface area contributed by atoms with Gasteiger partial charge in [0.2, 0.25) is 0 Å². The number of hydrogen-bond acceptors (Lipinski definition) is 3. The zero-order chi connectivity index (χ0) is 14.5. The number of carbonyl (C=O) groups excluding carboxylic acids is 1. The van der Waals surface area contributed by atoms with E-state index in [1.54, 1.807) is 29.2 Å². The van der Waals surface area contributed by atoms with Gasteiger partial charge in [-0.2, -0.15) is 0 Å². The van der Waals surface area contributed by atoms with Crippen molar-refractivity contribution in [3.05, 3.63) is 35.9 Å². The standard InChI is InChI=1S/C14H19N3O3/c1-16-7-9-17(10-8-16)14(20)15-12(13(18)19)11-5-3-2-4-6-11/h2-6,12H,7-10H2,1H3,(H,15,20)(H,18,19). The lowest BCUT2D eigenvalue weighted by molar-refractivity contribution is -0.139. The fourth-order valence-corrected chi connectivity index (χ4v) is 2.16. The summed E-state index contributed by atoms with van der Waals surface area (Å²) in [5, 5.41) is 11.9. The first-order valence-corrected chi connectivity index (χ1v) is 6.59. The molecule has 0 aromatic heterocycles. The van der Waals surface area contributed by atoms with Crippen LogP contribution < -0.4 is 5.32 Å². The van der Waals surface area contributed by atoms with Crippen LogP contribution in [-0.2, 0) is 4.79 Å². The Kier molecular flexibility index (Phi) is 4.57. The highest BCUT2D eigenvalue weighted by molar-refractivity contribution is 5.83. The van der Waals surface area contributed by atoms with Gasteiger partial charge in [-0.15, -0.1) is 0 Å². The normalized spacial score (nSPS) is 17.6. The summed E-state index contributed by atoms with van der Waals surface area (Å²) >= 11 is 0. The predicted octanol–water partition coefficient (Wildman–Crippen LogP) is 0.769. The van der Waals surface area contributed by atoms with E-state index in [-0.39, 0.29) is 6.03 Å². The van der Waals surface area contributed by atoms with Crippen molar-refractivity contribution < 1.29 is 14.7 Å². The van der Waals surface area contributed by atoms with Gasteiger partial charge in [0.25, 0.3) is 0 Å². The highest BCUT2D eigenvalue weighted by atomic mass is 16.4. The van der Waals surface area contributed by atoms with Crippen LogP contribution in [0.15, 0.2) is 30.3 Å². The summed E-state index contributed by atoms with van der Waals surface area (Å²) in [4.78, 5) is 27.2. The molecule has 1 aliphatic rings. The molecule has 0 spiro atoms. The van der Waals surface area contributed by atoms with Gasteiger partial charge >= 0.3 is 12.0 Å². The second-order valence-electron chi connectivity index (χ2n) is 4.92. The van der Waals surface area contributed by atoms with Crippen molar-refractivity contribution >= 4 is 12.0 Å². The first-order valence-electron chi connectivity index (χ1n) is 6.59. The number of carboxylic acids is 1. The van der Waals surface area contributed by atoms with Crippen molar-refractivity contribution in [1.82, 2.24) is 15.1 Å². The molecule has 1 fully saturated rings. The molecule has 1 aromatic rings. The lowest BCUT2D eigenvalue weighted by Gasteiger charge is -2.33. The van der Waals surface area contributed by atoms with Crippen LogP contribution in [0.2, 0.25) is 0 Å². The molecule has 1 aromatic carbocycles. The summed E-state index contributed by atoms with van der Waals surface area (Å²) in [6.45, 7) is 2.83. The highest BCUT2D eigenvalue weighted by Gasteiger charge is 2.26.